The third-order valence-corrected chi connectivity index (χ3v) is 7.77. The molecule has 180 valence electrons. The van der Waals surface area contributed by atoms with Crippen molar-refractivity contribution >= 4 is 15.9 Å². The van der Waals surface area contributed by atoms with E-state index in [1.807, 2.05) is 19.1 Å². The maximum atomic E-state index is 12.8. The van der Waals surface area contributed by atoms with Crippen molar-refractivity contribution in [1.29, 1.82) is 0 Å². The minimum atomic E-state index is -3.51. The largest absolute Gasteiger partial charge is 0.493 e. The lowest BCUT2D eigenvalue weighted by atomic mass is 10.0. The predicted molar refractivity (Wildman–Crippen MR) is 125 cm³/mol. The lowest BCUT2D eigenvalue weighted by Gasteiger charge is -2.29. The predicted octanol–water partition coefficient (Wildman–Crippen LogP) is 3.38. The maximum Gasteiger partial charge on any atom is 0.258 e. The number of rotatable bonds is 9. The fourth-order valence-electron chi connectivity index (χ4n) is 3.72. The molecule has 1 amide bonds. The molecule has 9 heteroatoms. The van der Waals surface area contributed by atoms with E-state index in [0.717, 1.165) is 18.4 Å². The molecule has 0 unspecified atom stereocenters. The van der Waals surface area contributed by atoms with Crippen molar-refractivity contribution in [2.45, 2.75) is 37.6 Å². The van der Waals surface area contributed by atoms with Gasteiger partial charge in [-0.15, -0.1) is 0 Å². The standard InChI is InChI=1S/C24H32N2O6S/c1-17-11-13-26(14-12-17)33(28,29)21-8-6-20(7-9-21)32-16-24(27)25-18(2)19-5-10-22(30-3)23(15-19)31-4/h5-10,15,17-18H,11-14,16H2,1-4H3,(H,25,27)/t18-/m0/s1. The van der Waals surface area contributed by atoms with Crippen LogP contribution in [0.4, 0.5) is 0 Å². The zero-order valence-corrected chi connectivity index (χ0v) is 20.4. The van der Waals surface area contributed by atoms with Crippen molar-refractivity contribution in [3.05, 3.63) is 48.0 Å². The molecule has 8 nitrogen and oxygen atoms in total. The van der Waals surface area contributed by atoms with Crippen LogP contribution in [0.15, 0.2) is 47.4 Å². The molecule has 1 N–H and O–H groups in total. The van der Waals surface area contributed by atoms with E-state index in [1.54, 1.807) is 32.4 Å². The topological polar surface area (TPSA) is 94.2 Å². The van der Waals surface area contributed by atoms with Crippen LogP contribution in [-0.2, 0) is 14.8 Å². The number of nitrogens with one attached hydrogen (secondary N) is 1. The molecule has 0 bridgehead atoms. The first-order valence-electron chi connectivity index (χ1n) is 11.0. The molecule has 0 aromatic heterocycles. The molecule has 0 aliphatic carbocycles. The Kier molecular flexibility index (Phi) is 8.20. The molecule has 1 atom stereocenters. The number of methoxy groups -OCH3 is 2. The number of hydrogen-bond acceptors (Lipinski definition) is 6. The summed E-state index contributed by atoms with van der Waals surface area (Å²) < 4.78 is 43.3. The van der Waals surface area contributed by atoms with Crippen LogP contribution in [0.25, 0.3) is 0 Å². The van der Waals surface area contributed by atoms with E-state index in [-0.39, 0.29) is 23.5 Å². The normalized spacial score (nSPS) is 16.1. The summed E-state index contributed by atoms with van der Waals surface area (Å²) >= 11 is 0. The molecule has 2 aromatic carbocycles. The lowest BCUT2D eigenvalue weighted by Crippen LogP contribution is -2.37. The molecule has 0 spiro atoms. The Labute approximate surface area is 195 Å². The summed E-state index contributed by atoms with van der Waals surface area (Å²) in [6.07, 6.45) is 1.74. The number of carbonyl (C=O) groups excluding carboxylic acids is 1. The van der Waals surface area contributed by atoms with E-state index < -0.39 is 10.0 Å². The second-order valence-electron chi connectivity index (χ2n) is 8.25. The zero-order valence-electron chi connectivity index (χ0n) is 19.5. The van der Waals surface area contributed by atoms with Crippen molar-refractivity contribution in [2.24, 2.45) is 5.92 Å². The molecule has 2 aromatic rings. The number of carbonyl (C=O) groups is 1. The van der Waals surface area contributed by atoms with E-state index >= 15 is 0 Å². The van der Waals surface area contributed by atoms with E-state index in [4.69, 9.17) is 14.2 Å². The smallest absolute Gasteiger partial charge is 0.258 e. The number of amides is 1. The Hall–Kier alpha value is -2.78. The first-order valence-corrected chi connectivity index (χ1v) is 12.4. The van der Waals surface area contributed by atoms with Gasteiger partial charge in [0.15, 0.2) is 18.1 Å². The average Bonchev–Trinajstić information content (AvgIpc) is 2.82. The van der Waals surface area contributed by atoms with Gasteiger partial charge in [-0.3, -0.25) is 4.79 Å². The molecular formula is C24H32N2O6S. The Morgan fingerprint density at radius 2 is 1.70 bits per heavy atom. The highest BCUT2D eigenvalue weighted by atomic mass is 32.2. The average molecular weight is 477 g/mol. The summed E-state index contributed by atoms with van der Waals surface area (Å²) in [7, 11) is -0.388. The fraction of sp³-hybridized carbons (Fsp3) is 0.458. The van der Waals surface area contributed by atoms with Crippen molar-refractivity contribution in [1.82, 2.24) is 9.62 Å². The second kappa shape index (κ2) is 10.9. The number of piperidine rings is 1. The highest BCUT2D eigenvalue weighted by Gasteiger charge is 2.28. The summed E-state index contributed by atoms with van der Waals surface area (Å²) in [5.74, 6) is 1.88. The first kappa shape index (κ1) is 24.9. The first-order chi connectivity index (χ1) is 15.7. The Morgan fingerprint density at radius 1 is 1.06 bits per heavy atom. The summed E-state index contributed by atoms with van der Waals surface area (Å²) in [4.78, 5) is 12.6. The summed E-state index contributed by atoms with van der Waals surface area (Å²) in [5, 5.41) is 2.87. The number of ether oxygens (including phenoxy) is 3. The van der Waals surface area contributed by atoms with Gasteiger partial charge in [-0.05, 0) is 67.6 Å². The van der Waals surface area contributed by atoms with Gasteiger partial charge in [0.05, 0.1) is 25.2 Å². The van der Waals surface area contributed by atoms with Gasteiger partial charge < -0.3 is 19.5 Å². The van der Waals surface area contributed by atoms with Crippen LogP contribution in [0, 0.1) is 5.92 Å². The minimum Gasteiger partial charge on any atom is -0.493 e. The molecule has 0 radical (unpaired) electrons. The third-order valence-electron chi connectivity index (χ3n) is 5.86. The lowest BCUT2D eigenvalue weighted by molar-refractivity contribution is -0.123. The van der Waals surface area contributed by atoms with Crippen molar-refractivity contribution in [2.75, 3.05) is 33.9 Å². The van der Waals surface area contributed by atoms with Gasteiger partial charge in [0.25, 0.3) is 5.91 Å². The van der Waals surface area contributed by atoms with Crippen LogP contribution in [0.5, 0.6) is 17.2 Å². The van der Waals surface area contributed by atoms with Crippen LogP contribution < -0.4 is 19.5 Å². The highest BCUT2D eigenvalue weighted by molar-refractivity contribution is 7.89. The number of benzene rings is 2. The minimum absolute atomic E-state index is 0.187. The zero-order chi connectivity index (χ0) is 24.0. The van der Waals surface area contributed by atoms with Crippen molar-refractivity contribution in [3.8, 4) is 17.2 Å². The Morgan fingerprint density at radius 3 is 2.30 bits per heavy atom. The molecule has 0 saturated carbocycles. The van der Waals surface area contributed by atoms with Crippen LogP contribution in [0.2, 0.25) is 0 Å². The summed E-state index contributed by atoms with van der Waals surface area (Å²) in [5.41, 5.74) is 0.864. The second-order valence-corrected chi connectivity index (χ2v) is 10.2. The molecule has 1 heterocycles. The quantitative estimate of drug-likeness (QED) is 0.596. The van der Waals surface area contributed by atoms with Gasteiger partial charge in [0.2, 0.25) is 10.0 Å². The molecular weight excluding hydrogens is 444 g/mol. The van der Waals surface area contributed by atoms with Crippen molar-refractivity contribution < 1.29 is 27.4 Å². The fourth-order valence-corrected chi connectivity index (χ4v) is 5.19. The van der Waals surface area contributed by atoms with E-state index in [1.165, 1.54) is 16.4 Å². The van der Waals surface area contributed by atoms with Gasteiger partial charge >= 0.3 is 0 Å². The molecule has 3 rings (SSSR count). The molecule has 1 saturated heterocycles. The van der Waals surface area contributed by atoms with Gasteiger partial charge in [-0.2, -0.15) is 4.31 Å². The summed E-state index contributed by atoms with van der Waals surface area (Å²) in [6.45, 7) is 4.90. The van der Waals surface area contributed by atoms with Crippen LogP contribution in [-0.4, -0.2) is 52.5 Å². The van der Waals surface area contributed by atoms with Gasteiger partial charge in [-0.25, -0.2) is 8.42 Å². The van der Waals surface area contributed by atoms with Crippen LogP contribution in [0.1, 0.15) is 38.3 Å². The molecule has 1 aliphatic rings. The van der Waals surface area contributed by atoms with Crippen LogP contribution >= 0.6 is 0 Å². The molecule has 1 fully saturated rings. The van der Waals surface area contributed by atoms with Crippen LogP contribution in [0.3, 0.4) is 0 Å². The van der Waals surface area contributed by atoms with Crippen molar-refractivity contribution in [3.63, 3.8) is 0 Å². The van der Waals surface area contributed by atoms with Gasteiger partial charge in [0.1, 0.15) is 5.75 Å². The molecule has 1 aliphatic heterocycles. The van der Waals surface area contributed by atoms with E-state index in [0.29, 0.717) is 36.3 Å². The highest BCUT2D eigenvalue weighted by Crippen LogP contribution is 2.30. The molecule has 33 heavy (non-hydrogen) atoms. The van der Waals surface area contributed by atoms with Gasteiger partial charge in [-0.1, -0.05) is 13.0 Å². The summed E-state index contributed by atoms with van der Waals surface area (Å²) in [6, 6.07) is 11.4. The maximum absolute atomic E-state index is 12.8. The number of nitrogens with zero attached hydrogens (tertiary/aromatic N) is 1. The Bertz CT molecular complexity index is 1050. The van der Waals surface area contributed by atoms with Gasteiger partial charge in [0, 0.05) is 13.1 Å². The van der Waals surface area contributed by atoms with E-state index in [2.05, 4.69) is 12.2 Å². The SMILES string of the molecule is COc1ccc([C@H](C)NC(=O)COc2ccc(S(=O)(=O)N3CCC(C)CC3)cc2)cc1OC. The monoisotopic (exact) mass is 476 g/mol. The van der Waals surface area contributed by atoms with E-state index in [9.17, 15) is 13.2 Å². The number of sulfonamides is 1. The number of hydrogen-bond donors (Lipinski definition) is 1. The third kappa shape index (κ3) is 6.17. The Balaban J connectivity index is 1.54.